The quantitative estimate of drug-likeness (QED) is 0.811. The summed E-state index contributed by atoms with van der Waals surface area (Å²) in [6.45, 7) is 5.71. The number of ether oxygens (including phenoxy) is 1. The van der Waals surface area contributed by atoms with Crippen LogP contribution in [0.25, 0.3) is 0 Å². The summed E-state index contributed by atoms with van der Waals surface area (Å²) in [5.74, 6) is 0.523. The van der Waals surface area contributed by atoms with Crippen molar-refractivity contribution in [3.8, 4) is 0 Å². The van der Waals surface area contributed by atoms with Gasteiger partial charge in [0.1, 0.15) is 5.82 Å². The van der Waals surface area contributed by atoms with E-state index in [-0.39, 0.29) is 30.2 Å². The number of morpholine rings is 1. The number of carbonyl (C=O) groups excluding carboxylic acids is 1. The summed E-state index contributed by atoms with van der Waals surface area (Å²) in [6, 6.07) is 14.5. The number of hydrogen-bond acceptors (Lipinski definition) is 4. The predicted molar refractivity (Wildman–Crippen MR) is 117 cm³/mol. The Morgan fingerprint density at radius 1 is 1.07 bits per heavy atom. The van der Waals surface area contributed by atoms with Gasteiger partial charge < -0.3 is 19.9 Å². The smallest absolute Gasteiger partial charge is 0.254 e. The number of benzene rings is 2. The third kappa shape index (κ3) is 3.92. The molecular formula is C23H27ClFN3O2. The van der Waals surface area contributed by atoms with Crippen LogP contribution in [0.5, 0.6) is 0 Å². The first-order valence-corrected chi connectivity index (χ1v) is 10.4. The molecule has 3 fully saturated rings. The van der Waals surface area contributed by atoms with E-state index in [9.17, 15) is 9.18 Å². The van der Waals surface area contributed by atoms with E-state index in [2.05, 4.69) is 10.2 Å². The highest BCUT2D eigenvalue weighted by Gasteiger charge is 2.46. The van der Waals surface area contributed by atoms with E-state index in [4.69, 9.17) is 4.74 Å². The number of rotatable bonds is 3. The van der Waals surface area contributed by atoms with E-state index in [0.29, 0.717) is 23.9 Å². The van der Waals surface area contributed by atoms with E-state index >= 15 is 0 Å². The first-order chi connectivity index (χ1) is 14.2. The molecule has 0 aromatic heterocycles. The Kier molecular flexibility index (Phi) is 6.27. The zero-order valence-electron chi connectivity index (χ0n) is 16.8. The Labute approximate surface area is 182 Å². The summed E-state index contributed by atoms with van der Waals surface area (Å²) in [5.41, 5.74) is 2.70. The van der Waals surface area contributed by atoms with Gasteiger partial charge in [-0.1, -0.05) is 12.1 Å². The van der Waals surface area contributed by atoms with E-state index in [0.717, 1.165) is 50.6 Å². The first-order valence-electron chi connectivity index (χ1n) is 10.4. The van der Waals surface area contributed by atoms with Gasteiger partial charge in [-0.05, 0) is 47.9 Å². The van der Waals surface area contributed by atoms with E-state index in [1.165, 1.54) is 6.07 Å². The summed E-state index contributed by atoms with van der Waals surface area (Å²) in [5, 5.41) is 3.43. The molecule has 160 valence electrons. The molecule has 5 rings (SSSR count). The van der Waals surface area contributed by atoms with Crippen LogP contribution >= 0.6 is 12.4 Å². The molecule has 0 unspecified atom stereocenters. The number of nitrogens with zero attached hydrogens (tertiary/aromatic N) is 2. The van der Waals surface area contributed by atoms with Crippen molar-refractivity contribution >= 4 is 24.0 Å². The van der Waals surface area contributed by atoms with Gasteiger partial charge in [0.15, 0.2) is 0 Å². The van der Waals surface area contributed by atoms with Crippen LogP contribution in [-0.4, -0.2) is 56.7 Å². The van der Waals surface area contributed by atoms with Crippen molar-refractivity contribution in [2.75, 3.05) is 50.8 Å². The van der Waals surface area contributed by atoms with Crippen molar-refractivity contribution in [1.82, 2.24) is 10.2 Å². The Morgan fingerprint density at radius 3 is 2.57 bits per heavy atom. The van der Waals surface area contributed by atoms with Gasteiger partial charge in [0, 0.05) is 49.9 Å². The Hall–Kier alpha value is -2.15. The lowest BCUT2D eigenvalue weighted by molar-refractivity contribution is 0.0713. The first kappa shape index (κ1) is 21.1. The zero-order valence-corrected chi connectivity index (χ0v) is 17.6. The van der Waals surface area contributed by atoms with Crippen LogP contribution in [0.1, 0.15) is 22.0 Å². The standard InChI is InChI=1S/C23H26FN3O2.ClH/c24-19-3-1-2-17(12-19)22-21-14-25-13-18(21)15-27(22)23(28)16-4-6-20(7-5-16)26-8-10-29-11-9-26;/h1-7,12,18,21-22,25H,8-11,13-15H2;1H/t18-,21-,22-;/m0./s1. The van der Waals surface area contributed by atoms with Gasteiger partial charge in [0.25, 0.3) is 5.91 Å². The molecule has 30 heavy (non-hydrogen) atoms. The second-order valence-electron chi connectivity index (χ2n) is 8.19. The fourth-order valence-corrected chi connectivity index (χ4v) is 5.05. The molecule has 3 aliphatic rings. The van der Waals surface area contributed by atoms with Crippen LogP contribution in [0, 0.1) is 17.7 Å². The molecule has 7 heteroatoms. The van der Waals surface area contributed by atoms with E-state index < -0.39 is 0 Å². The zero-order chi connectivity index (χ0) is 19.8. The molecule has 1 N–H and O–H groups in total. The maximum Gasteiger partial charge on any atom is 0.254 e. The lowest BCUT2D eigenvalue weighted by atomic mass is 9.89. The van der Waals surface area contributed by atoms with Crippen LogP contribution in [0.3, 0.4) is 0 Å². The molecule has 0 bridgehead atoms. The monoisotopic (exact) mass is 431 g/mol. The molecule has 3 aliphatic heterocycles. The Balaban J connectivity index is 0.00000218. The average molecular weight is 432 g/mol. The number of hydrogen-bond donors (Lipinski definition) is 1. The van der Waals surface area contributed by atoms with Gasteiger partial charge in [0.2, 0.25) is 0 Å². The molecular weight excluding hydrogens is 405 g/mol. The minimum absolute atomic E-state index is 0. The third-order valence-corrected chi connectivity index (χ3v) is 6.51. The largest absolute Gasteiger partial charge is 0.378 e. The average Bonchev–Trinajstić information content (AvgIpc) is 3.35. The fourth-order valence-electron chi connectivity index (χ4n) is 5.05. The summed E-state index contributed by atoms with van der Waals surface area (Å²) >= 11 is 0. The van der Waals surface area contributed by atoms with E-state index in [1.807, 2.05) is 35.2 Å². The fraction of sp³-hybridized carbons (Fsp3) is 0.435. The molecule has 0 saturated carbocycles. The molecule has 3 saturated heterocycles. The number of nitrogens with one attached hydrogen (secondary N) is 1. The Morgan fingerprint density at radius 2 is 1.83 bits per heavy atom. The summed E-state index contributed by atoms with van der Waals surface area (Å²) in [6.07, 6.45) is 0. The molecule has 0 radical (unpaired) electrons. The van der Waals surface area contributed by atoms with Crippen LogP contribution in [0.4, 0.5) is 10.1 Å². The number of likely N-dealkylation sites (tertiary alicyclic amines) is 1. The number of carbonyl (C=O) groups is 1. The van der Waals surface area contributed by atoms with Crippen molar-refractivity contribution in [2.45, 2.75) is 6.04 Å². The van der Waals surface area contributed by atoms with Crippen LogP contribution < -0.4 is 10.2 Å². The van der Waals surface area contributed by atoms with Crippen molar-refractivity contribution < 1.29 is 13.9 Å². The number of halogens is 2. The van der Waals surface area contributed by atoms with Gasteiger partial charge in [-0.2, -0.15) is 0 Å². The van der Waals surface area contributed by atoms with Crippen LogP contribution in [-0.2, 0) is 4.74 Å². The van der Waals surface area contributed by atoms with Crippen LogP contribution in [0.15, 0.2) is 48.5 Å². The SMILES string of the molecule is Cl.O=C(c1ccc(N2CCOCC2)cc1)N1C[C@@H]2CNC[C@@H]2[C@@H]1c1cccc(F)c1. The van der Waals surface area contributed by atoms with Crippen molar-refractivity contribution in [3.63, 3.8) is 0 Å². The number of fused-ring (bicyclic) bond motifs is 1. The van der Waals surface area contributed by atoms with Gasteiger partial charge >= 0.3 is 0 Å². The highest BCUT2D eigenvalue weighted by atomic mass is 35.5. The molecule has 1 amide bonds. The highest BCUT2D eigenvalue weighted by Crippen LogP contribution is 2.43. The van der Waals surface area contributed by atoms with E-state index in [1.54, 1.807) is 12.1 Å². The van der Waals surface area contributed by atoms with Gasteiger partial charge in [-0.15, -0.1) is 12.4 Å². The van der Waals surface area contributed by atoms with Gasteiger partial charge in [-0.3, -0.25) is 4.79 Å². The van der Waals surface area contributed by atoms with Gasteiger partial charge in [-0.25, -0.2) is 4.39 Å². The molecule has 0 spiro atoms. The maximum absolute atomic E-state index is 13.9. The molecule has 5 nitrogen and oxygen atoms in total. The van der Waals surface area contributed by atoms with Crippen LogP contribution in [0.2, 0.25) is 0 Å². The Bertz CT molecular complexity index is 888. The predicted octanol–water partition coefficient (Wildman–Crippen LogP) is 3.12. The lowest BCUT2D eigenvalue weighted by Crippen LogP contribution is -2.36. The van der Waals surface area contributed by atoms with Crippen molar-refractivity contribution in [2.24, 2.45) is 11.8 Å². The lowest BCUT2D eigenvalue weighted by Gasteiger charge is -2.30. The second-order valence-corrected chi connectivity index (χ2v) is 8.19. The highest BCUT2D eigenvalue weighted by molar-refractivity contribution is 5.95. The minimum atomic E-state index is -0.251. The molecule has 2 aromatic rings. The topological polar surface area (TPSA) is 44.8 Å². The summed E-state index contributed by atoms with van der Waals surface area (Å²) in [7, 11) is 0. The normalized spacial score (nSPS) is 25.7. The van der Waals surface area contributed by atoms with Gasteiger partial charge in [0.05, 0.1) is 19.3 Å². The summed E-state index contributed by atoms with van der Waals surface area (Å²) in [4.78, 5) is 17.6. The van der Waals surface area contributed by atoms with Crippen molar-refractivity contribution in [1.29, 1.82) is 0 Å². The second kappa shape index (κ2) is 8.92. The number of amides is 1. The molecule has 3 atom stereocenters. The summed E-state index contributed by atoms with van der Waals surface area (Å²) < 4.78 is 19.3. The number of anilines is 1. The third-order valence-electron chi connectivity index (χ3n) is 6.51. The maximum atomic E-state index is 13.9. The van der Waals surface area contributed by atoms with Crippen molar-refractivity contribution in [3.05, 3.63) is 65.5 Å². The molecule has 0 aliphatic carbocycles. The molecule has 2 aromatic carbocycles. The molecule has 3 heterocycles. The minimum Gasteiger partial charge on any atom is -0.378 e.